The van der Waals surface area contributed by atoms with E-state index in [0.717, 1.165) is 69.9 Å². The van der Waals surface area contributed by atoms with E-state index in [1.54, 1.807) is 0 Å². The molecule has 35 heavy (non-hydrogen) atoms. The molecule has 2 aliphatic rings. The van der Waals surface area contributed by atoms with Crippen LogP contribution < -0.4 is 0 Å². The molecule has 0 saturated carbocycles. The van der Waals surface area contributed by atoms with Gasteiger partial charge >= 0.3 is 0 Å². The van der Waals surface area contributed by atoms with Gasteiger partial charge < -0.3 is 14.4 Å². The summed E-state index contributed by atoms with van der Waals surface area (Å²) in [5, 5.41) is 1.18. The first-order chi connectivity index (χ1) is 16.9. The molecule has 0 N–H and O–H groups in total. The molecular formula is C28H34F2N4O. The maximum Gasteiger partial charge on any atom is 0.242 e. The van der Waals surface area contributed by atoms with Crippen LogP contribution in [0.3, 0.4) is 0 Å². The lowest BCUT2D eigenvalue weighted by Crippen LogP contribution is -2.48. The van der Waals surface area contributed by atoms with Gasteiger partial charge in [-0.1, -0.05) is 24.3 Å². The van der Waals surface area contributed by atoms with Crippen LogP contribution >= 0.6 is 0 Å². The van der Waals surface area contributed by atoms with Gasteiger partial charge in [0.15, 0.2) is 0 Å². The Balaban J connectivity index is 1.31. The maximum absolute atomic E-state index is 14.3. The number of likely N-dealkylation sites (tertiary alicyclic amines) is 1. The summed E-state index contributed by atoms with van der Waals surface area (Å²) in [5.41, 5.74) is 3.69. The number of amides is 1. The average molecular weight is 481 g/mol. The molecule has 5 rings (SSSR count). The van der Waals surface area contributed by atoms with E-state index in [-0.39, 0.29) is 17.4 Å². The van der Waals surface area contributed by atoms with Crippen LogP contribution in [0.4, 0.5) is 8.78 Å². The third kappa shape index (κ3) is 4.84. The molecule has 2 fully saturated rings. The largest absolute Gasteiger partial charge is 0.339 e. The Morgan fingerprint density at radius 1 is 0.914 bits per heavy atom. The van der Waals surface area contributed by atoms with Crippen molar-refractivity contribution in [3.63, 3.8) is 0 Å². The van der Waals surface area contributed by atoms with E-state index in [4.69, 9.17) is 0 Å². The van der Waals surface area contributed by atoms with E-state index < -0.39 is 11.6 Å². The summed E-state index contributed by atoms with van der Waals surface area (Å²) in [5.74, 6) is -0.794. The summed E-state index contributed by atoms with van der Waals surface area (Å²) in [6, 6.07) is 12.4. The van der Waals surface area contributed by atoms with E-state index in [2.05, 4.69) is 40.5 Å². The van der Waals surface area contributed by atoms with Crippen LogP contribution in [-0.2, 0) is 17.9 Å². The van der Waals surface area contributed by atoms with Crippen LogP contribution in [0.15, 0.2) is 42.5 Å². The molecule has 1 amide bonds. The summed E-state index contributed by atoms with van der Waals surface area (Å²) in [6.07, 6.45) is 1.47. The fourth-order valence-electron chi connectivity index (χ4n) is 5.70. The summed E-state index contributed by atoms with van der Waals surface area (Å²) in [6.45, 7) is 8.18. The van der Waals surface area contributed by atoms with Crippen molar-refractivity contribution < 1.29 is 13.6 Å². The molecule has 0 unspecified atom stereocenters. The van der Waals surface area contributed by atoms with Crippen LogP contribution in [0.25, 0.3) is 10.9 Å². The molecule has 186 valence electrons. The van der Waals surface area contributed by atoms with Gasteiger partial charge in [0.05, 0.1) is 0 Å². The molecule has 3 aromatic rings. The second-order valence-corrected chi connectivity index (χ2v) is 10.0. The normalized spacial score (nSPS) is 18.5. The summed E-state index contributed by atoms with van der Waals surface area (Å²) in [7, 11) is 2.09. The van der Waals surface area contributed by atoms with Gasteiger partial charge in [0.25, 0.3) is 0 Å². The quantitative estimate of drug-likeness (QED) is 0.543. The minimum absolute atomic E-state index is 0.0869. The average Bonchev–Trinajstić information content (AvgIpc) is 3.11. The van der Waals surface area contributed by atoms with Gasteiger partial charge in [-0.3, -0.25) is 9.69 Å². The SMILES string of the molecule is Cc1c(CN2CCC(c3c(F)cccc3F)CC2)c2ccccc2n1CC(=O)N1CCN(C)CC1. The lowest BCUT2D eigenvalue weighted by Gasteiger charge is -2.33. The number of hydrogen-bond donors (Lipinski definition) is 0. The highest BCUT2D eigenvalue weighted by Gasteiger charge is 2.27. The van der Waals surface area contributed by atoms with Crippen LogP contribution in [0.5, 0.6) is 0 Å². The van der Waals surface area contributed by atoms with E-state index in [1.807, 2.05) is 17.0 Å². The lowest BCUT2D eigenvalue weighted by molar-refractivity contribution is -0.133. The fraction of sp³-hybridized carbons (Fsp3) is 0.464. The number of carbonyl (C=O) groups excluding carboxylic acids is 1. The van der Waals surface area contributed by atoms with E-state index >= 15 is 0 Å². The topological polar surface area (TPSA) is 31.7 Å². The van der Waals surface area contributed by atoms with Crippen LogP contribution in [0.1, 0.15) is 35.6 Å². The zero-order valence-electron chi connectivity index (χ0n) is 20.6. The number of carbonyl (C=O) groups is 1. The number of hydrogen-bond acceptors (Lipinski definition) is 3. The number of likely N-dealkylation sites (N-methyl/N-ethyl adjacent to an activating group) is 1. The summed E-state index contributed by atoms with van der Waals surface area (Å²) >= 11 is 0. The molecule has 7 heteroatoms. The highest BCUT2D eigenvalue weighted by Crippen LogP contribution is 2.34. The number of benzene rings is 2. The van der Waals surface area contributed by atoms with Gasteiger partial charge in [-0.05, 0) is 69.6 Å². The highest BCUT2D eigenvalue weighted by atomic mass is 19.1. The first kappa shape index (κ1) is 23.9. The second kappa shape index (κ2) is 10.1. The number of fused-ring (bicyclic) bond motifs is 1. The third-order valence-corrected chi connectivity index (χ3v) is 7.89. The zero-order valence-corrected chi connectivity index (χ0v) is 20.6. The van der Waals surface area contributed by atoms with E-state index in [0.29, 0.717) is 6.54 Å². The maximum atomic E-state index is 14.3. The Morgan fingerprint density at radius 2 is 1.57 bits per heavy atom. The summed E-state index contributed by atoms with van der Waals surface area (Å²) < 4.78 is 30.7. The van der Waals surface area contributed by atoms with Gasteiger partial charge in [0.1, 0.15) is 18.2 Å². The van der Waals surface area contributed by atoms with Crippen molar-refractivity contribution in [1.29, 1.82) is 0 Å². The van der Waals surface area contributed by atoms with Crippen molar-refractivity contribution in [2.75, 3.05) is 46.3 Å². The minimum atomic E-state index is -0.438. The molecular weight excluding hydrogens is 446 g/mol. The molecule has 2 aromatic carbocycles. The monoisotopic (exact) mass is 480 g/mol. The van der Waals surface area contributed by atoms with Crippen molar-refractivity contribution in [2.45, 2.75) is 38.8 Å². The molecule has 1 aromatic heterocycles. The first-order valence-corrected chi connectivity index (χ1v) is 12.6. The third-order valence-electron chi connectivity index (χ3n) is 7.89. The fourth-order valence-corrected chi connectivity index (χ4v) is 5.70. The van der Waals surface area contributed by atoms with E-state index in [9.17, 15) is 13.6 Å². The Labute approximate surface area is 205 Å². The van der Waals surface area contributed by atoms with E-state index in [1.165, 1.54) is 29.1 Å². The molecule has 2 saturated heterocycles. The predicted molar refractivity (Wildman–Crippen MR) is 134 cm³/mol. The highest BCUT2D eigenvalue weighted by molar-refractivity contribution is 5.87. The number of para-hydroxylation sites is 1. The Morgan fingerprint density at radius 3 is 2.26 bits per heavy atom. The van der Waals surface area contributed by atoms with Gasteiger partial charge in [-0.2, -0.15) is 0 Å². The second-order valence-electron chi connectivity index (χ2n) is 10.0. The molecule has 0 bridgehead atoms. The number of aromatic nitrogens is 1. The molecule has 0 radical (unpaired) electrons. The number of halogens is 2. The van der Waals surface area contributed by atoms with Crippen molar-refractivity contribution in [3.05, 3.63) is 70.9 Å². The van der Waals surface area contributed by atoms with Crippen LogP contribution in [-0.4, -0.2) is 71.5 Å². The van der Waals surface area contributed by atoms with Crippen molar-refractivity contribution >= 4 is 16.8 Å². The molecule has 0 atom stereocenters. The van der Waals surface area contributed by atoms with Crippen molar-refractivity contribution in [3.8, 4) is 0 Å². The number of nitrogens with zero attached hydrogens (tertiary/aromatic N) is 4. The van der Waals surface area contributed by atoms with Crippen molar-refractivity contribution in [2.24, 2.45) is 0 Å². The van der Waals surface area contributed by atoms with Gasteiger partial charge in [0, 0.05) is 54.9 Å². The number of rotatable bonds is 5. The lowest BCUT2D eigenvalue weighted by atomic mass is 9.88. The minimum Gasteiger partial charge on any atom is -0.339 e. The number of piperazine rings is 1. The first-order valence-electron chi connectivity index (χ1n) is 12.6. The molecule has 2 aliphatic heterocycles. The van der Waals surface area contributed by atoms with Gasteiger partial charge in [-0.25, -0.2) is 8.78 Å². The van der Waals surface area contributed by atoms with Gasteiger partial charge in [-0.15, -0.1) is 0 Å². The Bertz CT molecular complexity index is 1190. The van der Waals surface area contributed by atoms with Crippen LogP contribution in [0.2, 0.25) is 0 Å². The zero-order chi connectivity index (χ0) is 24.5. The molecule has 0 aliphatic carbocycles. The van der Waals surface area contributed by atoms with Gasteiger partial charge in [0.2, 0.25) is 5.91 Å². The van der Waals surface area contributed by atoms with Crippen LogP contribution in [0, 0.1) is 18.6 Å². The Hall–Kier alpha value is -2.77. The molecule has 5 nitrogen and oxygen atoms in total. The molecule has 3 heterocycles. The molecule has 0 spiro atoms. The summed E-state index contributed by atoms with van der Waals surface area (Å²) in [4.78, 5) is 19.7. The predicted octanol–water partition coefficient (Wildman–Crippen LogP) is 4.38. The van der Waals surface area contributed by atoms with Crippen molar-refractivity contribution in [1.82, 2.24) is 19.3 Å². The Kier molecular flexibility index (Phi) is 6.89. The number of piperidine rings is 1. The smallest absolute Gasteiger partial charge is 0.242 e. The standard InChI is InChI=1S/C28H34F2N4O/c1-20-23(18-32-12-10-21(11-13-32)28-24(29)7-5-8-25(28)30)22-6-3-4-9-26(22)34(20)19-27(35)33-16-14-31(2)15-17-33/h3-9,21H,10-19H2,1-2H3.